The second-order valence-electron chi connectivity index (χ2n) is 4.21. The molecule has 20 heavy (non-hydrogen) atoms. The first kappa shape index (κ1) is 13.2. The molecule has 1 N–H and O–H groups in total. The maximum Gasteiger partial charge on any atom is 0.141 e. The molecule has 0 aliphatic rings. The molecule has 0 amide bonds. The Morgan fingerprint density at radius 2 is 1.90 bits per heavy atom. The van der Waals surface area contributed by atoms with Crippen LogP contribution in [0.3, 0.4) is 0 Å². The number of methoxy groups -OCH3 is 1. The maximum atomic E-state index is 14.0. The number of nitrogens with zero attached hydrogens (tertiary/aromatic N) is 1. The highest BCUT2D eigenvalue weighted by Gasteiger charge is 2.12. The van der Waals surface area contributed by atoms with Gasteiger partial charge in [-0.05, 0) is 24.3 Å². The number of ether oxygens (including phenoxy) is 1. The molecule has 6 heteroatoms. The number of aromatic nitrogens is 2. The van der Waals surface area contributed by atoms with Crippen LogP contribution in [0.15, 0.2) is 30.3 Å². The van der Waals surface area contributed by atoms with E-state index in [0.29, 0.717) is 38.2 Å². The van der Waals surface area contributed by atoms with Crippen molar-refractivity contribution in [3.05, 3.63) is 46.2 Å². The molecule has 3 aromatic rings. The van der Waals surface area contributed by atoms with Crippen LogP contribution in [0, 0.1) is 5.82 Å². The van der Waals surface area contributed by atoms with Crippen molar-refractivity contribution in [2.24, 2.45) is 0 Å². The molecule has 102 valence electrons. The minimum atomic E-state index is -0.416. The van der Waals surface area contributed by atoms with Crippen molar-refractivity contribution in [1.82, 2.24) is 9.97 Å². The monoisotopic (exact) mass is 310 g/mol. The Hall–Kier alpha value is -1.78. The summed E-state index contributed by atoms with van der Waals surface area (Å²) in [7, 11) is 1.49. The zero-order chi connectivity index (χ0) is 14.3. The third kappa shape index (κ3) is 2.21. The Kier molecular flexibility index (Phi) is 3.28. The summed E-state index contributed by atoms with van der Waals surface area (Å²) in [5, 5.41) is 0.831. The van der Waals surface area contributed by atoms with Crippen molar-refractivity contribution in [3.8, 4) is 17.1 Å². The third-order valence-electron chi connectivity index (χ3n) is 2.96. The molecule has 0 spiro atoms. The number of hydrogen-bond acceptors (Lipinski definition) is 2. The first-order valence-corrected chi connectivity index (χ1v) is 6.53. The number of benzene rings is 2. The molecule has 0 aliphatic carbocycles. The minimum Gasteiger partial charge on any atom is -0.497 e. The first-order chi connectivity index (χ1) is 9.58. The number of imidazole rings is 1. The lowest BCUT2D eigenvalue weighted by Crippen LogP contribution is -1.89. The fourth-order valence-electron chi connectivity index (χ4n) is 1.95. The quantitative estimate of drug-likeness (QED) is 0.746. The molecule has 3 nitrogen and oxygen atoms in total. The molecule has 0 fully saturated rings. The van der Waals surface area contributed by atoms with Gasteiger partial charge in [-0.3, -0.25) is 0 Å². The second-order valence-corrected chi connectivity index (χ2v) is 5.03. The fraction of sp³-hybridized carbons (Fsp3) is 0.0714. The highest BCUT2D eigenvalue weighted by Crippen LogP contribution is 2.30. The normalized spacial score (nSPS) is 11.0. The molecule has 3 rings (SSSR count). The van der Waals surface area contributed by atoms with Gasteiger partial charge in [-0.15, -0.1) is 0 Å². The molecule has 0 unspecified atom stereocenters. The van der Waals surface area contributed by atoms with Gasteiger partial charge in [0.15, 0.2) is 0 Å². The van der Waals surface area contributed by atoms with E-state index >= 15 is 0 Å². The Morgan fingerprint density at radius 3 is 2.60 bits per heavy atom. The molecule has 0 atom stereocenters. The van der Waals surface area contributed by atoms with E-state index < -0.39 is 5.82 Å². The zero-order valence-corrected chi connectivity index (χ0v) is 11.9. The van der Waals surface area contributed by atoms with Gasteiger partial charge in [0.2, 0.25) is 0 Å². The molecule has 0 saturated carbocycles. The predicted octanol–water partition coefficient (Wildman–Crippen LogP) is 4.68. The summed E-state index contributed by atoms with van der Waals surface area (Å²) in [6.45, 7) is 0. The van der Waals surface area contributed by atoms with Gasteiger partial charge in [-0.2, -0.15) is 0 Å². The molecule has 1 heterocycles. The predicted molar refractivity (Wildman–Crippen MR) is 78.1 cm³/mol. The van der Waals surface area contributed by atoms with Gasteiger partial charge >= 0.3 is 0 Å². The van der Waals surface area contributed by atoms with Gasteiger partial charge in [0.25, 0.3) is 0 Å². The number of hydrogen-bond donors (Lipinski definition) is 1. The summed E-state index contributed by atoms with van der Waals surface area (Å²) in [5.41, 5.74) is 1.68. The standard InChI is InChI=1S/C14H9Cl2FN2O/c1-20-7-2-3-8(11(17)4-7)14-18-12-5-9(15)10(16)6-13(12)19-14/h2-6H,1H3,(H,18,19). The number of halogens is 3. The van der Waals surface area contributed by atoms with Crippen LogP contribution in [-0.2, 0) is 0 Å². The van der Waals surface area contributed by atoms with Gasteiger partial charge in [0.05, 0.1) is 33.8 Å². The van der Waals surface area contributed by atoms with E-state index in [1.807, 2.05) is 0 Å². The summed E-state index contributed by atoms with van der Waals surface area (Å²) in [4.78, 5) is 7.34. The molecule has 0 radical (unpaired) electrons. The smallest absolute Gasteiger partial charge is 0.141 e. The average molecular weight is 311 g/mol. The van der Waals surface area contributed by atoms with Crippen molar-refractivity contribution in [2.75, 3.05) is 7.11 Å². The van der Waals surface area contributed by atoms with E-state index in [4.69, 9.17) is 27.9 Å². The number of fused-ring (bicyclic) bond motifs is 1. The summed E-state index contributed by atoms with van der Waals surface area (Å²) in [6.07, 6.45) is 0. The molecular weight excluding hydrogens is 302 g/mol. The van der Waals surface area contributed by atoms with Gasteiger partial charge < -0.3 is 9.72 Å². The number of H-pyrrole nitrogens is 1. The first-order valence-electron chi connectivity index (χ1n) is 5.77. The molecule has 0 saturated heterocycles. The Labute approximate surface area is 124 Å². The Balaban J connectivity index is 2.15. The van der Waals surface area contributed by atoms with E-state index in [-0.39, 0.29) is 0 Å². The summed E-state index contributed by atoms with van der Waals surface area (Å²) >= 11 is 11.9. The van der Waals surface area contributed by atoms with Crippen LogP contribution in [0.4, 0.5) is 4.39 Å². The number of rotatable bonds is 2. The summed E-state index contributed by atoms with van der Waals surface area (Å²) in [5.74, 6) is 0.451. The molecule has 2 aromatic carbocycles. The van der Waals surface area contributed by atoms with Gasteiger partial charge in [0.1, 0.15) is 17.4 Å². The lowest BCUT2D eigenvalue weighted by molar-refractivity contribution is 0.411. The van der Waals surface area contributed by atoms with Crippen LogP contribution in [0.2, 0.25) is 10.0 Å². The largest absolute Gasteiger partial charge is 0.497 e. The lowest BCUT2D eigenvalue weighted by atomic mass is 10.2. The summed E-state index contributed by atoms with van der Waals surface area (Å²) < 4.78 is 19.0. The molecule has 1 aromatic heterocycles. The van der Waals surface area contributed by atoms with Crippen LogP contribution in [0.5, 0.6) is 5.75 Å². The van der Waals surface area contributed by atoms with Gasteiger partial charge in [-0.1, -0.05) is 23.2 Å². The third-order valence-corrected chi connectivity index (χ3v) is 3.68. The second kappa shape index (κ2) is 4.96. The van der Waals surface area contributed by atoms with Crippen molar-refractivity contribution in [1.29, 1.82) is 0 Å². The van der Waals surface area contributed by atoms with Crippen LogP contribution >= 0.6 is 23.2 Å². The van der Waals surface area contributed by atoms with E-state index in [1.54, 1.807) is 24.3 Å². The molecular formula is C14H9Cl2FN2O. The zero-order valence-electron chi connectivity index (χ0n) is 10.4. The van der Waals surface area contributed by atoms with Gasteiger partial charge in [-0.25, -0.2) is 9.37 Å². The van der Waals surface area contributed by atoms with Crippen molar-refractivity contribution >= 4 is 34.2 Å². The topological polar surface area (TPSA) is 37.9 Å². The molecule has 0 bridgehead atoms. The number of nitrogens with one attached hydrogen (secondary N) is 1. The fourth-order valence-corrected chi connectivity index (χ4v) is 2.27. The summed E-state index contributed by atoms with van der Waals surface area (Å²) in [6, 6.07) is 7.89. The highest BCUT2D eigenvalue weighted by atomic mass is 35.5. The molecule has 0 aliphatic heterocycles. The van der Waals surface area contributed by atoms with Gasteiger partial charge in [0, 0.05) is 6.07 Å². The van der Waals surface area contributed by atoms with E-state index in [0.717, 1.165) is 0 Å². The van der Waals surface area contributed by atoms with Crippen molar-refractivity contribution in [3.63, 3.8) is 0 Å². The maximum absolute atomic E-state index is 14.0. The van der Waals surface area contributed by atoms with E-state index in [1.165, 1.54) is 13.2 Å². The number of aromatic amines is 1. The van der Waals surface area contributed by atoms with E-state index in [2.05, 4.69) is 9.97 Å². The van der Waals surface area contributed by atoms with E-state index in [9.17, 15) is 4.39 Å². The van der Waals surface area contributed by atoms with Crippen LogP contribution in [-0.4, -0.2) is 17.1 Å². The van der Waals surface area contributed by atoms with Crippen molar-refractivity contribution in [2.45, 2.75) is 0 Å². The SMILES string of the molecule is COc1ccc(-c2nc3cc(Cl)c(Cl)cc3[nH]2)c(F)c1. The lowest BCUT2D eigenvalue weighted by Gasteiger charge is -2.02. The van der Waals surface area contributed by atoms with Crippen LogP contribution < -0.4 is 4.74 Å². The highest BCUT2D eigenvalue weighted by molar-refractivity contribution is 6.42. The van der Waals surface area contributed by atoms with Crippen LogP contribution in [0.25, 0.3) is 22.4 Å². The van der Waals surface area contributed by atoms with Crippen LogP contribution in [0.1, 0.15) is 0 Å². The minimum absolute atomic E-state index is 0.356. The Morgan fingerprint density at radius 1 is 1.15 bits per heavy atom. The Bertz CT molecular complexity index is 762. The average Bonchev–Trinajstić information content (AvgIpc) is 2.81. The van der Waals surface area contributed by atoms with Crippen molar-refractivity contribution < 1.29 is 9.13 Å².